The molecule has 6 aliphatic rings. The van der Waals surface area contributed by atoms with E-state index in [-0.39, 0.29) is 31.9 Å². The summed E-state index contributed by atoms with van der Waals surface area (Å²) in [5.41, 5.74) is -0.415. The van der Waals surface area contributed by atoms with Crippen molar-refractivity contribution >= 4 is 22.0 Å². The lowest BCUT2D eigenvalue weighted by Crippen LogP contribution is -2.67. The van der Waals surface area contributed by atoms with Crippen LogP contribution in [0.15, 0.2) is 0 Å². The number of fused-ring (bicyclic) bond motifs is 4. The smallest absolute Gasteiger partial charge is 0.203 e. The van der Waals surface area contributed by atoms with Crippen LogP contribution in [0.3, 0.4) is 0 Å². The van der Waals surface area contributed by atoms with Crippen molar-refractivity contribution in [3.8, 4) is 0 Å². The van der Waals surface area contributed by atoms with Gasteiger partial charge in [-0.3, -0.25) is 9.59 Å². The van der Waals surface area contributed by atoms with Gasteiger partial charge in [0.05, 0.1) is 0 Å². The van der Waals surface area contributed by atoms with Gasteiger partial charge in [-0.1, -0.05) is 41.5 Å². The molecule has 0 saturated heterocycles. The first-order valence-electron chi connectivity index (χ1n) is 10.3. The molecule has 0 aromatic heterocycles. The molecule has 6 rings (SSSR count). The van der Waals surface area contributed by atoms with E-state index in [1.165, 1.54) is 12.8 Å². The Hall–Kier alpha value is -0.310. The summed E-state index contributed by atoms with van der Waals surface area (Å²) >= 11 is 1.12. The van der Waals surface area contributed by atoms with Crippen molar-refractivity contribution in [1.82, 2.24) is 0 Å². The second kappa shape index (κ2) is 5.14. The molecule has 0 N–H and O–H groups in total. The van der Waals surface area contributed by atoms with Gasteiger partial charge < -0.3 is 0 Å². The minimum absolute atomic E-state index is 0.0581. The Bertz CT molecular complexity index is 582. The zero-order valence-corrected chi connectivity index (χ0v) is 17.6. The van der Waals surface area contributed by atoms with Crippen molar-refractivity contribution in [3.05, 3.63) is 0 Å². The molecule has 4 bridgehead atoms. The monoisotopic (exact) mass is 362 g/mol. The highest BCUT2D eigenvalue weighted by Crippen LogP contribution is 2.74. The summed E-state index contributed by atoms with van der Waals surface area (Å²) in [4.78, 5) is 26.9. The molecule has 0 aromatic rings. The summed E-state index contributed by atoms with van der Waals surface area (Å²) in [6.45, 7) is 13.6. The van der Waals surface area contributed by atoms with Gasteiger partial charge >= 0.3 is 0 Å². The second-order valence-electron chi connectivity index (χ2n) is 10.8. The maximum Gasteiger partial charge on any atom is 0.203 e. The number of hydrogen-bond donors (Lipinski definition) is 0. The Kier molecular flexibility index (Phi) is 3.72. The van der Waals surface area contributed by atoms with Gasteiger partial charge in [0.15, 0.2) is 0 Å². The molecule has 0 spiro atoms. The van der Waals surface area contributed by atoms with E-state index in [9.17, 15) is 9.59 Å². The predicted molar refractivity (Wildman–Crippen MR) is 103 cm³/mol. The lowest BCUT2D eigenvalue weighted by atomic mass is 9.37. The average Bonchev–Trinajstić information content (AvgIpc) is 2.53. The summed E-state index contributed by atoms with van der Waals surface area (Å²) in [6, 6.07) is 0. The maximum absolute atomic E-state index is 13.5. The van der Waals surface area contributed by atoms with E-state index in [4.69, 9.17) is 0 Å². The van der Waals surface area contributed by atoms with E-state index >= 15 is 0 Å². The zero-order valence-electron chi connectivity index (χ0n) is 16.8. The van der Waals surface area contributed by atoms with E-state index in [1.807, 2.05) is 0 Å². The summed E-state index contributed by atoms with van der Waals surface area (Å²) < 4.78 is 0. The van der Waals surface area contributed by atoms with Gasteiger partial charge in [-0.2, -0.15) is 0 Å². The predicted octanol–water partition coefficient (Wildman–Crippen LogP) is 5.70. The number of carbonyl (C=O) groups excluding carboxylic acids is 2. The number of thioether (sulfide) groups is 1. The molecular weight excluding hydrogens is 328 g/mol. The van der Waals surface area contributed by atoms with Crippen molar-refractivity contribution in [1.29, 1.82) is 0 Å². The van der Waals surface area contributed by atoms with Crippen LogP contribution in [0.4, 0.5) is 0 Å². The van der Waals surface area contributed by atoms with Crippen LogP contribution < -0.4 is 0 Å². The van der Waals surface area contributed by atoms with E-state index in [0.29, 0.717) is 23.7 Å². The van der Waals surface area contributed by atoms with Crippen LogP contribution in [0.25, 0.3) is 0 Å². The Morgan fingerprint density at radius 3 is 1.36 bits per heavy atom. The van der Waals surface area contributed by atoms with Crippen molar-refractivity contribution in [2.24, 2.45) is 45.3 Å². The van der Waals surface area contributed by atoms with Gasteiger partial charge in [-0.05, 0) is 84.8 Å². The van der Waals surface area contributed by atoms with Crippen LogP contribution in [-0.2, 0) is 9.59 Å². The fourth-order valence-corrected chi connectivity index (χ4v) is 9.26. The van der Waals surface area contributed by atoms with E-state index < -0.39 is 0 Å². The van der Waals surface area contributed by atoms with Gasteiger partial charge in [0.1, 0.15) is 0 Å². The molecule has 0 radical (unpaired) electrons. The van der Waals surface area contributed by atoms with Crippen molar-refractivity contribution < 1.29 is 9.59 Å². The minimum Gasteiger partial charge on any atom is -0.286 e. The summed E-state index contributed by atoms with van der Waals surface area (Å²) in [6.07, 6.45) is 6.80. The molecule has 0 amide bonds. The van der Waals surface area contributed by atoms with Crippen LogP contribution in [0.1, 0.15) is 80.1 Å². The standard InChI is InChI=1S/C22H34O2S/c1-13-7-9-15-11-21(13,19(15,3)4)17(23)25-18(24)22-12-16(20(22,5)6)10-8-14(22)2/h13-16H,7-12H2,1-6H3. The fourth-order valence-electron chi connectivity index (χ4n) is 7.63. The Morgan fingerprint density at radius 1 is 0.720 bits per heavy atom. The third-order valence-corrected chi connectivity index (χ3v) is 11.1. The normalized spacial score (nSPS) is 48.9. The average molecular weight is 363 g/mol. The van der Waals surface area contributed by atoms with Gasteiger partial charge in [0, 0.05) is 10.8 Å². The molecule has 6 aliphatic carbocycles. The number of hydrogen-bond acceptors (Lipinski definition) is 3. The van der Waals surface area contributed by atoms with E-state index in [0.717, 1.165) is 37.4 Å². The van der Waals surface area contributed by atoms with Crippen molar-refractivity contribution in [3.63, 3.8) is 0 Å². The molecule has 6 atom stereocenters. The van der Waals surface area contributed by atoms with Crippen LogP contribution in [-0.4, -0.2) is 10.2 Å². The van der Waals surface area contributed by atoms with Gasteiger partial charge in [0.2, 0.25) is 10.2 Å². The summed E-state index contributed by atoms with van der Waals surface area (Å²) in [5.74, 6) is 2.15. The fraction of sp³-hybridized carbons (Fsp3) is 0.909. The lowest BCUT2D eigenvalue weighted by molar-refractivity contribution is -0.193. The molecule has 6 fully saturated rings. The van der Waals surface area contributed by atoms with Gasteiger partial charge in [0.25, 0.3) is 0 Å². The summed E-state index contributed by atoms with van der Waals surface area (Å²) in [5, 5.41) is 0.384. The maximum atomic E-state index is 13.5. The largest absolute Gasteiger partial charge is 0.286 e. The Balaban J connectivity index is 1.59. The molecule has 0 heterocycles. The van der Waals surface area contributed by atoms with Gasteiger partial charge in [-0.15, -0.1) is 0 Å². The van der Waals surface area contributed by atoms with Crippen LogP contribution >= 0.6 is 11.8 Å². The lowest BCUT2D eigenvalue weighted by Gasteiger charge is -2.68. The Morgan fingerprint density at radius 2 is 1.08 bits per heavy atom. The molecule has 25 heavy (non-hydrogen) atoms. The van der Waals surface area contributed by atoms with E-state index in [1.54, 1.807) is 0 Å². The number of rotatable bonds is 2. The van der Waals surface area contributed by atoms with Crippen LogP contribution in [0.5, 0.6) is 0 Å². The second-order valence-corrected chi connectivity index (χ2v) is 11.8. The molecule has 0 aromatic carbocycles. The van der Waals surface area contributed by atoms with Crippen molar-refractivity contribution in [2.75, 3.05) is 0 Å². The minimum atomic E-state index is -0.266. The first kappa shape index (κ1) is 18.1. The molecule has 6 unspecified atom stereocenters. The topological polar surface area (TPSA) is 34.1 Å². The van der Waals surface area contributed by atoms with E-state index in [2.05, 4.69) is 41.5 Å². The molecule has 2 nitrogen and oxygen atoms in total. The number of carbonyl (C=O) groups is 2. The SMILES string of the molecule is CC1CCC2CC1(C(=O)SC(=O)C13CC(CCC1C)C3(C)C)C2(C)C. The molecule has 3 heteroatoms. The quantitative estimate of drug-likeness (QED) is 0.632. The molecular formula is C22H34O2S. The first-order chi connectivity index (χ1) is 11.5. The highest BCUT2D eigenvalue weighted by atomic mass is 32.2. The van der Waals surface area contributed by atoms with Crippen LogP contribution in [0, 0.1) is 45.3 Å². The molecule has 6 saturated carbocycles. The zero-order chi connectivity index (χ0) is 18.4. The molecule has 0 aliphatic heterocycles. The van der Waals surface area contributed by atoms with Gasteiger partial charge in [-0.25, -0.2) is 0 Å². The highest BCUT2D eigenvalue weighted by Gasteiger charge is 2.71. The third kappa shape index (κ3) is 1.85. The highest BCUT2D eigenvalue weighted by molar-refractivity contribution is 8.26. The first-order valence-corrected chi connectivity index (χ1v) is 11.1. The molecule has 140 valence electrons. The van der Waals surface area contributed by atoms with Crippen molar-refractivity contribution in [2.45, 2.75) is 80.1 Å². The van der Waals surface area contributed by atoms with Crippen LogP contribution in [0.2, 0.25) is 0 Å². The Labute approximate surface area is 157 Å². The third-order valence-electron chi connectivity index (χ3n) is 9.97. The summed E-state index contributed by atoms with van der Waals surface area (Å²) in [7, 11) is 0.